The Morgan fingerprint density at radius 2 is 1.56 bits per heavy atom. The number of phenolic OH excluding ortho intramolecular Hbond substituents is 1. The van der Waals surface area contributed by atoms with E-state index in [1.54, 1.807) is 12.1 Å². The van der Waals surface area contributed by atoms with Gasteiger partial charge in [0.2, 0.25) is 0 Å². The van der Waals surface area contributed by atoms with Crippen molar-refractivity contribution in [2.45, 2.75) is 37.5 Å². The molecule has 10 heteroatoms. The van der Waals surface area contributed by atoms with Gasteiger partial charge in [-0.1, -0.05) is 26.0 Å². The van der Waals surface area contributed by atoms with E-state index in [1.807, 2.05) is 0 Å². The first-order chi connectivity index (χ1) is 16.8. The Kier molecular flexibility index (Phi) is 7.59. The lowest BCUT2D eigenvalue weighted by Gasteiger charge is -2.38. The van der Waals surface area contributed by atoms with Crippen molar-refractivity contribution in [2.24, 2.45) is 0 Å². The molecule has 0 saturated heterocycles. The Hall–Kier alpha value is -3.66. The highest BCUT2D eigenvalue weighted by molar-refractivity contribution is 5.94. The highest BCUT2D eigenvalue weighted by Crippen LogP contribution is 2.43. The predicted molar refractivity (Wildman–Crippen MR) is 129 cm³/mol. The van der Waals surface area contributed by atoms with Crippen LogP contribution in [0, 0.1) is 17.0 Å². The molecule has 0 amide bonds. The first-order valence-electron chi connectivity index (χ1n) is 10.9. The van der Waals surface area contributed by atoms with Gasteiger partial charge in [-0.2, -0.15) is 13.2 Å². The summed E-state index contributed by atoms with van der Waals surface area (Å²) in [4.78, 5) is 0. The summed E-state index contributed by atoms with van der Waals surface area (Å²) < 4.78 is 69.6. The van der Waals surface area contributed by atoms with Gasteiger partial charge in [-0.15, -0.1) is 0 Å². The molecule has 0 heterocycles. The van der Waals surface area contributed by atoms with Gasteiger partial charge in [0.15, 0.2) is 5.60 Å². The van der Waals surface area contributed by atoms with Crippen molar-refractivity contribution in [3.8, 4) is 5.75 Å². The minimum atomic E-state index is -5.08. The number of phenols is 1. The summed E-state index contributed by atoms with van der Waals surface area (Å²) in [5, 5.41) is 34.2. The zero-order valence-corrected chi connectivity index (χ0v) is 19.5. The molecule has 0 bridgehead atoms. The molecule has 0 aliphatic carbocycles. The molecule has 192 valence electrons. The number of hydrogen-bond donors (Lipinski definition) is 5. The molecule has 0 saturated carbocycles. The van der Waals surface area contributed by atoms with Gasteiger partial charge in [-0.25, -0.2) is 8.78 Å². The maximum absolute atomic E-state index is 14.1. The third-order valence-corrected chi connectivity index (χ3v) is 5.88. The molecule has 1 atom stereocenters. The average molecular weight is 508 g/mol. The zero-order valence-electron chi connectivity index (χ0n) is 19.5. The lowest BCUT2D eigenvalue weighted by Crippen LogP contribution is -2.53. The van der Waals surface area contributed by atoms with Crippen molar-refractivity contribution in [3.05, 3.63) is 83.4 Å². The second-order valence-corrected chi connectivity index (χ2v) is 9.15. The van der Waals surface area contributed by atoms with Crippen LogP contribution in [-0.2, 0) is 5.41 Å². The number of halogens is 5. The number of nitrogens with one attached hydrogen (secondary N) is 3. The molecule has 36 heavy (non-hydrogen) atoms. The van der Waals surface area contributed by atoms with Gasteiger partial charge in [0, 0.05) is 34.4 Å². The SMILES string of the molecule is CC(C)(CC(O)(CNc1cccc(Nc2cccc(F)c2)c1C=N)C(F)(F)F)c1cc(F)ccc1O. The minimum Gasteiger partial charge on any atom is -0.508 e. The Labute approximate surface area is 205 Å². The molecular formula is C26H26F5N3O2. The van der Waals surface area contributed by atoms with Gasteiger partial charge in [0.1, 0.15) is 17.4 Å². The molecule has 0 aliphatic heterocycles. The van der Waals surface area contributed by atoms with Crippen LogP contribution < -0.4 is 10.6 Å². The fourth-order valence-electron chi connectivity index (χ4n) is 4.09. The fourth-order valence-corrected chi connectivity index (χ4v) is 4.09. The van der Waals surface area contributed by atoms with Crippen LogP contribution in [0.2, 0.25) is 0 Å². The van der Waals surface area contributed by atoms with Gasteiger partial charge in [0.05, 0.1) is 6.54 Å². The second kappa shape index (κ2) is 10.1. The van der Waals surface area contributed by atoms with Crippen LogP contribution in [0.5, 0.6) is 5.75 Å². The molecule has 5 nitrogen and oxygen atoms in total. The molecule has 0 aromatic heterocycles. The smallest absolute Gasteiger partial charge is 0.418 e. The summed E-state index contributed by atoms with van der Waals surface area (Å²) in [6.45, 7) is 1.75. The van der Waals surface area contributed by atoms with Crippen LogP contribution in [0.4, 0.5) is 39.0 Å². The maximum atomic E-state index is 14.1. The molecule has 0 radical (unpaired) electrons. The van der Waals surface area contributed by atoms with Gasteiger partial charge < -0.3 is 26.3 Å². The quantitative estimate of drug-likeness (QED) is 0.169. The van der Waals surface area contributed by atoms with Crippen LogP contribution in [0.1, 0.15) is 31.4 Å². The van der Waals surface area contributed by atoms with E-state index in [4.69, 9.17) is 5.41 Å². The monoisotopic (exact) mass is 507 g/mol. The number of anilines is 3. The number of aliphatic hydroxyl groups is 1. The van der Waals surface area contributed by atoms with E-state index in [0.29, 0.717) is 11.4 Å². The molecule has 3 aromatic rings. The van der Waals surface area contributed by atoms with E-state index in [9.17, 15) is 32.2 Å². The number of hydrogen-bond acceptors (Lipinski definition) is 5. The Bertz CT molecular complexity index is 1250. The summed E-state index contributed by atoms with van der Waals surface area (Å²) >= 11 is 0. The Balaban J connectivity index is 1.89. The third-order valence-electron chi connectivity index (χ3n) is 5.88. The topological polar surface area (TPSA) is 88.4 Å². The second-order valence-electron chi connectivity index (χ2n) is 9.15. The van der Waals surface area contributed by atoms with Crippen molar-refractivity contribution in [1.29, 1.82) is 5.41 Å². The molecule has 0 aliphatic rings. The molecule has 3 rings (SSSR count). The summed E-state index contributed by atoms with van der Waals surface area (Å²) in [7, 11) is 0. The third kappa shape index (κ3) is 5.93. The highest BCUT2D eigenvalue weighted by Gasteiger charge is 2.56. The maximum Gasteiger partial charge on any atom is 0.418 e. The van der Waals surface area contributed by atoms with E-state index >= 15 is 0 Å². The lowest BCUT2D eigenvalue weighted by molar-refractivity contribution is -0.260. The van der Waals surface area contributed by atoms with Crippen molar-refractivity contribution in [1.82, 2.24) is 0 Å². The average Bonchev–Trinajstić information content (AvgIpc) is 2.78. The summed E-state index contributed by atoms with van der Waals surface area (Å²) in [6, 6.07) is 13.0. The Morgan fingerprint density at radius 1 is 0.917 bits per heavy atom. The van der Waals surface area contributed by atoms with E-state index in [-0.39, 0.29) is 22.6 Å². The van der Waals surface area contributed by atoms with E-state index in [2.05, 4.69) is 10.6 Å². The fraction of sp³-hybridized carbons (Fsp3) is 0.269. The first-order valence-corrected chi connectivity index (χ1v) is 10.9. The van der Waals surface area contributed by atoms with Crippen molar-refractivity contribution in [2.75, 3.05) is 17.2 Å². The van der Waals surface area contributed by atoms with Crippen molar-refractivity contribution in [3.63, 3.8) is 0 Å². The molecular weight excluding hydrogens is 481 g/mol. The molecule has 0 spiro atoms. The number of rotatable bonds is 9. The standard InChI is InChI=1S/C26H26F5N3O2/c1-24(2,20-12-17(28)9-10-23(20)35)14-25(36,26(29,30)31)15-33-21-7-4-8-22(19(21)13-32)34-18-6-3-5-16(27)11-18/h3-13,32-36H,14-15H2,1-2H3. The first kappa shape index (κ1) is 26.9. The number of aromatic hydroxyl groups is 1. The van der Waals surface area contributed by atoms with Crippen LogP contribution in [0.15, 0.2) is 60.7 Å². The number of alkyl halides is 3. The summed E-state index contributed by atoms with van der Waals surface area (Å²) in [6.07, 6.45) is -5.05. The van der Waals surface area contributed by atoms with Crippen molar-refractivity contribution < 1.29 is 32.2 Å². The Morgan fingerprint density at radius 3 is 2.19 bits per heavy atom. The van der Waals surface area contributed by atoms with Crippen LogP contribution >= 0.6 is 0 Å². The minimum absolute atomic E-state index is 0.0772. The van der Waals surface area contributed by atoms with E-state index in [0.717, 1.165) is 24.4 Å². The van der Waals surface area contributed by atoms with Gasteiger partial charge >= 0.3 is 6.18 Å². The summed E-state index contributed by atoms with van der Waals surface area (Å²) in [5.74, 6) is -1.61. The number of benzene rings is 3. The molecule has 0 fully saturated rings. The lowest BCUT2D eigenvalue weighted by atomic mass is 9.74. The largest absolute Gasteiger partial charge is 0.508 e. The summed E-state index contributed by atoms with van der Waals surface area (Å²) in [5.41, 5.74) is -3.80. The molecule has 1 unspecified atom stereocenters. The van der Waals surface area contributed by atoms with Crippen molar-refractivity contribution >= 4 is 23.3 Å². The van der Waals surface area contributed by atoms with Crippen LogP contribution in [0.25, 0.3) is 0 Å². The van der Waals surface area contributed by atoms with Gasteiger partial charge in [-0.3, -0.25) is 0 Å². The van der Waals surface area contributed by atoms with Gasteiger partial charge in [0.25, 0.3) is 0 Å². The highest BCUT2D eigenvalue weighted by atomic mass is 19.4. The van der Waals surface area contributed by atoms with E-state index in [1.165, 1.54) is 44.2 Å². The zero-order chi connectivity index (χ0) is 26.7. The molecule has 5 N–H and O–H groups in total. The molecule has 3 aromatic carbocycles. The van der Waals surface area contributed by atoms with Crippen LogP contribution in [0.3, 0.4) is 0 Å². The van der Waals surface area contributed by atoms with Gasteiger partial charge in [-0.05, 0) is 60.4 Å². The normalized spacial score (nSPS) is 13.7. The van der Waals surface area contributed by atoms with Crippen LogP contribution in [-0.4, -0.2) is 34.7 Å². The predicted octanol–water partition coefficient (Wildman–Crippen LogP) is 6.48. The van der Waals surface area contributed by atoms with E-state index < -0.39 is 41.8 Å².